The molecule has 0 fully saturated rings. The largest absolute Gasteiger partial charge is 0.384 e. The highest BCUT2D eigenvalue weighted by molar-refractivity contribution is 5.82. The van der Waals surface area contributed by atoms with Crippen LogP contribution < -0.4 is 10.9 Å². The number of rotatable bonds is 2. The van der Waals surface area contributed by atoms with Crippen LogP contribution in [-0.2, 0) is 12.1 Å². The van der Waals surface area contributed by atoms with Crippen molar-refractivity contribution in [2.75, 3.05) is 5.32 Å². The molecule has 4 heterocycles. The van der Waals surface area contributed by atoms with Crippen LogP contribution in [0, 0.1) is 0 Å². The number of allylic oxidation sites excluding steroid dienone is 2. The summed E-state index contributed by atoms with van der Waals surface area (Å²) in [7, 11) is 0. The van der Waals surface area contributed by atoms with E-state index in [-0.39, 0.29) is 5.56 Å². The summed E-state index contributed by atoms with van der Waals surface area (Å²) in [5.41, 5.74) is 1.01. The summed E-state index contributed by atoms with van der Waals surface area (Å²) < 4.78 is 3.46. The van der Waals surface area contributed by atoms with Crippen LogP contribution in [0.4, 0.5) is 11.5 Å². The van der Waals surface area contributed by atoms with E-state index in [9.17, 15) is 9.90 Å². The number of aliphatic hydroxyl groups is 1. The third-order valence-electron chi connectivity index (χ3n) is 5.61. The minimum Gasteiger partial charge on any atom is -0.384 e. The van der Waals surface area contributed by atoms with Crippen molar-refractivity contribution in [3.8, 4) is 5.82 Å². The lowest BCUT2D eigenvalue weighted by Crippen LogP contribution is -2.24. The molecule has 5 rings (SSSR count). The molecule has 31 heavy (non-hydrogen) atoms. The molecule has 0 aliphatic carbocycles. The quantitative estimate of drug-likeness (QED) is 0.487. The van der Waals surface area contributed by atoms with Crippen LogP contribution in [0.5, 0.6) is 0 Å². The first-order valence-corrected chi connectivity index (χ1v) is 10.3. The minimum atomic E-state index is -1.06. The fraction of sp³-hybridized carbons (Fsp3) is 0.208. The van der Waals surface area contributed by atoms with Crippen molar-refractivity contribution in [3.05, 3.63) is 89.0 Å². The first kappa shape index (κ1) is 19.3. The van der Waals surface area contributed by atoms with Gasteiger partial charge >= 0.3 is 0 Å². The zero-order valence-electron chi connectivity index (χ0n) is 17.2. The number of pyridine rings is 2. The van der Waals surface area contributed by atoms with Crippen molar-refractivity contribution in [1.29, 1.82) is 0 Å². The number of anilines is 2. The van der Waals surface area contributed by atoms with Gasteiger partial charge in [0.05, 0.1) is 23.1 Å². The number of hydrogen-bond donors (Lipinski definition) is 2. The fourth-order valence-electron chi connectivity index (χ4n) is 3.92. The molecule has 1 atom stereocenters. The van der Waals surface area contributed by atoms with Crippen molar-refractivity contribution in [2.45, 2.75) is 31.9 Å². The lowest BCUT2D eigenvalue weighted by Gasteiger charge is -2.22. The van der Waals surface area contributed by atoms with Crippen molar-refractivity contribution >= 4 is 22.4 Å². The average Bonchev–Trinajstić information content (AvgIpc) is 3.04. The Labute approximate surface area is 179 Å². The van der Waals surface area contributed by atoms with Gasteiger partial charge in [0.1, 0.15) is 11.4 Å². The Morgan fingerprint density at radius 3 is 2.77 bits per heavy atom. The average molecular weight is 413 g/mol. The maximum Gasteiger partial charge on any atom is 0.276 e. The van der Waals surface area contributed by atoms with Crippen LogP contribution in [0.3, 0.4) is 0 Å². The Balaban J connectivity index is 1.72. The van der Waals surface area contributed by atoms with Gasteiger partial charge in [-0.3, -0.25) is 4.79 Å². The smallest absolute Gasteiger partial charge is 0.276 e. The highest BCUT2D eigenvalue weighted by Gasteiger charge is 2.25. The van der Waals surface area contributed by atoms with Crippen molar-refractivity contribution in [3.63, 3.8) is 0 Å². The molecule has 1 aromatic carbocycles. The third-order valence-corrected chi connectivity index (χ3v) is 5.61. The normalized spacial score (nSPS) is 19.4. The third kappa shape index (κ3) is 3.53. The predicted octanol–water partition coefficient (Wildman–Crippen LogP) is 3.88. The molecule has 4 aromatic rings. The number of fused-ring (bicyclic) bond motifs is 6. The molecule has 3 aromatic heterocycles. The van der Waals surface area contributed by atoms with Crippen LogP contribution in [0.1, 0.15) is 25.5 Å². The number of nitrogens with zero attached hydrogens (tertiary/aromatic N) is 4. The summed E-state index contributed by atoms with van der Waals surface area (Å²) in [4.78, 5) is 22.4. The first-order valence-electron chi connectivity index (χ1n) is 10.3. The van der Waals surface area contributed by atoms with Gasteiger partial charge in [-0.15, -0.1) is 0 Å². The summed E-state index contributed by atoms with van der Waals surface area (Å²) in [5, 5.41) is 14.7. The highest BCUT2D eigenvalue weighted by Crippen LogP contribution is 2.27. The van der Waals surface area contributed by atoms with E-state index < -0.39 is 5.60 Å². The zero-order chi connectivity index (χ0) is 21.4. The molecule has 0 unspecified atom stereocenters. The van der Waals surface area contributed by atoms with Crippen LogP contribution in [0.2, 0.25) is 0 Å². The molecule has 7 nitrogen and oxygen atoms in total. The molecule has 0 amide bonds. The van der Waals surface area contributed by atoms with Gasteiger partial charge in [0, 0.05) is 18.0 Å². The number of benzene rings is 1. The Hall–Kier alpha value is -3.71. The van der Waals surface area contributed by atoms with Gasteiger partial charge in [0.15, 0.2) is 5.82 Å². The maximum absolute atomic E-state index is 13.2. The summed E-state index contributed by atoms with van der Waals surface area (Å²) in [6, 6.07) is 17.1. The summed E-state index contributed by atoms with van der Waals surface area (Å²) in [5.74, 6) is 1.21. The van der Waals surface area contributed by atoms with E-state index in [1.807, 2.05) is 71.4 Å². The molecular weight excluding hydrogens is 390 g/mol. The number of nitrogens with one attached hydrogen (secondary N) is 1. The lowest BCUT2D eigenvalue weighted by molar-refractivity contribution is 0.0443. The molecule has 2 bridgehead atoms. The highest BCUT2D eigenvalue weighted by atomic mass is 16.3. The van der Waals surface area contributed by atoms with Crippen LogP contribution in [0.25, 0.3) is 16.7 Å². The lowest BCUT2D eigenvalue weighted by atomic mass is 9.95. The summed E-state index contributed by atoms with van der Waals surface area (Å²) >= 11 is 0. The van der Waals surface area contributed by atoms with Gasteiger partial charge in [-0.1, -0.05) is 36.4 Å². The maximum atomic E-state index is 13.2. The standard InChI is InChI=1S/C24H23N5O2/c1-24(31)13-6-3-7-14-28-23(30)18-16-25-21(26-17-9-4-2-5-10-17)15-19(18)29(28)22-12-8-11-20(24)27-22/h2-5,7-12,15-16,31H,6,13-14H2,1H3,(H,25,26)/b7-3-/t24-/m0/s1. The molecule has 7 heteroatoms. The minimum absolute atomic E-state index is 0.128. The van der Waals surface area contributed by atoms with E-state index in [1.54, 1.807) is 17.8 Å². The van der Waals surface area contributed by atoms with E-state index in [1.165, 1.54) is 0 Å². The Morgan fingerprint density at radius 2 is 1.94 bits per heavy atom. The van der Waals surface area contributed by atoms with Crippen LogP contribution in [-0.4, -0.2) is 24.4 Å². The van der Waals surface area contributed by atoms with E-state index in [4.69, 9.17) is 4.98 Å². The molecule has 1 aliphatic rings. The van der Waals surface area contributed by atoms with E-state index in [0.29, 0.717) is 47.6 Å². The van der Waals surface area contributed by atoms with Crippen LogP contribution in [0.15, 0.2) is 77.7 Å². The second-order valence-electron chi connectivity index (χ2n) is 7.94. The fourth-order valence-corrected chi connectivity index (χ4v) is 3.92. The van der Waals surface area contributed by atoms with Crippen molar-refractivity contribution in [2.24, 2.45) is 0 Å². The van der Waals surface area contributed by atoms with E-state index in [2.05, 4.69) is 10.3 Å². The van der Waals surface area contributed by atoms with E-state index >= 15 is 0 Å². The predicted molar refractivity (Wildman–Crippen MR) is 121 cm³/mol. The SMILES string of the molecule is C[C@]1(O)CC/C=C\Cn2c(=O)c3cnc(Nc4ccccc4)cc3n2-c2cccc1n2. The topological polar surface area (TPSA) is 85.0 Å². The van der Waals surface area contributed by atoms with E-state index in [0.717, 1.165) is 5.69 Å². The molecule has 156 valence electrons. The van der Waals surface area contributed by atoms with Crippen molar-refractivity contribution in [1.82, 2.24) is 19.3 Å². The monoisotopic (exact) mass is 413 g/mol. The van der Waals surface area contributed by atoms with Gasteiger partial charge in [-0.2, -0.15) is 0 Å². The first-order chi connectivity index (χ1) is 15.0. The molecule has 0 spiro atoms. The number of hydrogen-bond acceptors (Lipinski definition) is 5. The second-order valence-corrected chi connectivity index (χ2v) is 7.94. The summed E-state index contributed by atoms with van der Waals surface area (Å²) in [6.07, 6.45) is 6.81. The second kappa shape index (κ2) is 7.52. The van der Waals surface area contributed by atoms with Gasteiger partial charge in [-0.05, 0) is 44.0 Å². The molecule has 1 aliphatic heterocycles. The number of para-hydroxylation sites is 1. The van der Waals surface area contributed by atoms with Gasteiger partial charge in [-0.25, -0.2) is 19.3 Å². The Bertz CT molecular complexity index is 1340. The zero-order valence-corrected chi connectivity index (χ0v) is 17.2. The van der Waals surface area contributed by atoms with Gasteiger partial charge in [0.2, 0.25) is 0 Å². The number of aromatic nitrogens is 4. The molecule has 0 saturated heterocycles. The van der Waals surface area contributed by atoms with Crippen molar-refractivity contribution < 1.29 is 5.11 Å². The summed E-state index contributed by atoms with van der Waals surface area (Å²) in [6.45, 7) is 2.18. The molecular formula is C24H23N5O2. The Morgan fingerprint density at radius 1 is 1.10 bits per heavy atom. The molecule has 0 radical (unpaired) electrons. The van der Waals surface area contributed by atoms with Crippen LogP contribution >= 0.6 is 0 Å². The molecule has 0 saturated carbocycles. The van der Waals surface area contributed by atoms with Gasteiger partial charge in [0.25, 0.3) is 5.56 Å². The Kier molecular flexibility index (Phi) is 4.67. The van der Waals surface area contributed by atoms with Gasteiger partial charge < -0.3 is 10.4 Å². The molecule has 2 N–H and O–H groups in total.